The van der Waals surface area contributed by atoms with E-state index in [1.807, 2.05) is 0 Å². The second-order valence-electron chi connectivity index (χ2n) is 5.44. The lowest BCUT2D eigenvalue weighted by Crippen LogP contribution is -2.26. The number of fused-ring (bicyclic) bond motifs is 1. The number of anilines is 1. The molecule has 3 heterocycles. The Labute approximate surface area is 126 Å². The number of hydrogen-bond acceptors (Lipinski definition) is 7. The van der Waals surface area contributed by atoms with Crippen molar-refractivity contribution in [3.8, 4) is 0 Å². The third-order valence-electron chi connectivity index (χ3n) is 4.02. The molecule has 3 rings (SSSR count). The molecule has 4 N–H and O–H groups in total. The summed E-state index contributed by atoms with van der Waals surface area (Å²) in [7, 11) is 1.61. The van der Waals surface area contributed by atoms with Gasteiger partial charge in [0.2, 0.25) is 5.95 Å². The molecule has 0 spiro atoms. The Hall–Kier alpha value is -1.97. The van der Waals surface area contributed by atoms with Crippen LogP contribution >= 0.6 is 0 Å². The van der Waals surface area contributed by atoms with Gasteiger partial charge in [0.1, 0.15) is 6.23 Å². The summed E-state index contributed by atoms with van der Waals surface area (Å²) in [6.07, 6.45) is 0.673. The number of aromatic amines is 1. The van der Waals surface area contributed by atoms with Gasteiger partial charge in [0.05, 0.1) is 18.5 Å². The van der Waals surface area contributed by atoms with Crippen molar-refractivity contribution in [1.29, 1.82) is 0 Å². The smallest absolute Gasteiger partial charge is 0.280 e. The number of imidazole rings is 1. The highest BCUT2D eigenvalue weighted by Gasteiger charge is 2.42. The first-order valence-corrected chi connectivity index (χ1v) is 7.07. The van der Waals surface area contributed by atoms with E-state index >= 15 is 0 Å². The van der Waals surface area contributed by atoms with E-state index in [1.54, 1.807) is 18.6 Å². The third kappa shape index (κ3) is 2.36. The number of nitrogen functional groups attached to an aromatic ring is 1. The lowest BCUT2D eigenvalue weighted by molar-refractivity contribution is -0.0127. The van der Waals surface area contributed by atoms with Gasteiger partial charge in [-0.1, -0.05) is 0 Å². The van der Waals surface area contributed by atoms with Gasteiger partial charge in [-0.3, -0.25) is 14.3 Å². The van der Waals surface area contributed by atoms with Crippen LogP contribution in [0.4, 0.5) is 5.95 Å². The molecule has 0 aliphatic carbocycles. The largest absolute Gasteiger partial charge is 0.390 e. The molecule has 22 heavy (non-hydrogen) atoms. The molecule has 1 aliphatic rings. The maximum atomic E-state index is 11.8. The van der Waals surface area contributed by atoms with Crippen molar-refractivity contribution in [3.63, 3.8) is 0 Å². The van der Waals surface area contributed by atoms with Crippen LogP contribution in [0.5, 0.6) is 0 Å². The molecule has 0 bridgehead atoms. The minimum absolute atomic E-state index is 0.0132. The summed E-state index contributed by atoms with van der Waals surface area (Å²) in [4.78, 5) is 22.5. The zero-order valence-electron chi connectivity index (χ0n) is 12.4. The second kappa shape index (κ2) is 5.67. The quantitative estimate of drug-likeness (QED) is 0.703. The van der Waals surface area contributed by atoms with Gasteiger partial charge in [0.25, 0.3) is 5.56 Å². The summed E-state index contributed by atoms with van der Waals surface area (Å²) in [5.41, 5.74) is 5.74. The standard InChI is InChI=1S/C13H19N5O4/c1-6-9(19)7(3-4-21-2)12(22-6)18-5-15-8-10(18)16-13(14)17-11(8)20/h5-7,9,12,19H,3-4H2,1-2H3,(H3,14,16,17,20)/t6?,7?,9-,12?/m1/s1. The topological polar surface area (TPSA) is 128 Å². The Bertz CT molecular complexity index is 727. The lowest BCUT2D eigenvalue weighted by atomic mass is 9.97. The Kier molecular flexibility index (Phi) is 3.85. The molecule has 4 atom stereocenters. The van der Waals surface area contributed by atoms with E-state index < -0.39 is 17.9 Å². The molecular formula is C13H19N5O4. The Morgan fingerprint density at radius 3 is 3.09 bits per heavy atom. The highest BCUT2D eigenvalue weighted by Crippen LogP contribution is 2.37. The summed E-state index contributed by atoms with van der Waals surface area (Å²) < 4.78 is 12.6. The highest BCUT2D eigenvalue weighted by molar-refractivity contribution is 5.70. The fraction of sp³-hybridized carbons (Fsp3) is 0.615. The predicted molar refractivity (Wildman–Crippen MR) is 78.1 cm³/mol. The normalized spacial score (nSPS) is 28.5. The van der Waals surface area contributed by atoms with Crippen LogP contribution in [0.1, 0.15) is 19.6 Å². The molecule has 9 heteroatoms. The van der Waals surface area contributed by atoms with E-state index in [0.29, 0.717) is 18.7 Å². The molecule has 1 fully saturated rings. The van der Waals surface area contributed by atoms with Crippen molar-refractivity contribution in [2.24, 2.45) is 5.92 Å². The van der Waals surface area contributed by atoms with Gasteiger partial charge in [0.15, 0.2) is 11.2 Å². The van der Waals surface area contributed by atoms with Gasteiger partial charge < -0.3 is 20.3 Å². The number of nitrogens with one attached hydrogen (secondary N) is 1. The predicted octanol–water partition coefficient (Wildman–Crippen LogP) is -0.367. The van der Waals surface area contributed by atoms with E-state index in [1.165, 1.54) is 6.33 Å². The number of nitrogens with zero attached hydrogens (tertiary/aromatic N) is 3. The Morgan fingerprint density at radius 1 is 1.59 bits per heavy atom. The molecule has 0 aromatic carbocycles. The van der Waals surface area contributed by atoms with E-state index in [9.17, 15) is 9.90 Å². The van der Waals surface area contributed by atoms with Gasteiger partial charge in [-0.2, -0.15) is 4.98 Å². The third-order valence-corrected chi connectivity index (χ3v) is 4.02. The van der Waals surface area contributed by atoms with Crippen LogP contribution in [0.2, 0.25) is 0 Å². The summed E-state index contributed by atoms with van der Waals surface area (Å²) >= 11 is 0. The highest BCUT2D eigenvalue weighted by atomic mass is 16.5. The van der Waals surface area contributed by atoms with Crippen molar-refractivity contribution in [2.75, 3.05) is 19.5 Å². The molecule has 0 saturated carbocycles. The maximum absolute atomic E-state index is 11.8. The van der Waals surface area contributed by atoms with Crippen molar-refractivity contribution >= 4 is 17.1 Å². The first kappa shape index (κ1) is 14.9. The first-order valence-electron chi connectivity index (χ1n) is 7.07. The monoisotopic (exact) mass is 309 g/mol. The summed E-state index contributed by atoms with van der Waals surface area (Å²) in [6, 6.07) is 0. The fourth-order valence-corrected chi connectivity index (χ4v) is 2.89. The Balaban J connectivity index is 2.03. The van der Waals surface area contributed by atoms with Crippen LogP contribution in [0.15, 0.2) is 11.1 Å². The number of methoxy groups -OCH3 is 1. The van der Waals surface area contributed by atoms with Gasteiger partial charge in [-0.25, -0.2) is 4.98 Å². The molecule has 2 aromatic heterocycles. The van der Waals surface area contributed by atoms with E-state index in [-0.39, 0.29) is 23.5 Å². The molecular weight excluding hydrogens is 290 g/mol. The molecule has 2 aromatic rings. The summed E-state index contributed by atoms with van der Waals surface area (Å²) in [5, 5.41) is 10.3. The molecule has 1 saturated heterocycles. The van der Waals surface area contributed by atoms with Crippen molar-refractivity contribution in [1.82, 2.24) is 19.5 Å². The first-order chi connectivity index (χ1) is 10.5. The lowest BCUT2D eigenvalue weighted by Gasteiger charge is -2.21. The summed E-state index contributed by atoms with van der Waals surface area (Å²) in [6.45, 7) is 2.30. The second-order valence-corrected chi connectivity index (χ2v) is 5.44. The maximum Gasteiger partial charge on any atom is 0.280 e. The van der Waals surface area contributed by atoms with Crippen LogP contribution in [0, 0.1) is 5.92 Å². The van der Waals surface area contributed by atoms with E-state index in [2.05, 4.69) is 15.0 Å². The summed E-state index contributed by atoms with van der Waals surface area (Å²) in [5.74, 6) is -0.172. The number of aromatic nitrogens is 4. The number of nitrogens with two attached hydrogens (primary N) is 1. The average molecular weight is 309 g/mol. The van der Waals surface area contributed by atoms with Crippen LogP contribution in [-0.2, 0) is 9.47 Å². The van der Waals surface area contributed by atoms with Gasteiger partial charge in [0, 0.05) is 19.6 Å². The van der Waals surface area contributed by atoms with Gasteiger partial charge >= 0.3 is 0 Å². The average Bonchev–Trinajstić information content (AvgIpc) is 3.00. The van der Waals surface area contributed by atoms with Crippen LogP contribution in [0.25, 0.3) is 11.2 Å². The SMILES string of the molecule is COCCC1C(n2cnc3c(=O)[nH]c(N)nc32)OC(C)[C@H]1O. The minimum atomic E-state index is -0.628. The van der Waals surface area contributed by atoms with Gasteiger partial charge in [-0.05, 0) is 13.3 Å². The van der Waals surface area contributed by atoms with Crippen LogP contribution in [0.3, 0.4) is 0 Å². The number of rotatable bonds is 4. The Morgan fingerprint density at radius 2 is 2.36 bits per heavy atom. The number of aliphatic hydroxyl groups is 1. The molecule has 1 aliphatic heterocycles. The zero-order chi connectivity index (χ0) is 15.9. The van der Waals surface area contributed by atoms with Crippen molar-refractivity contribution < 1.29 is 14.6 Å². The molecule has 3 unspecified atom stereocenters. The van der Waals surface area contributed by atoms with E-state index in [4.69, 9.17) is 15.2 Å². The van der Waals surface area contributed by atoms with Crippen molar-refractivity contribution in [2.45, 2.75) is 31.8 Å². The fourth-order valence-electron chi connectivity index (χ4n) is 2.89. The molecule has 9 nitrogen and oxygen atoms in total. The number of H-pyrrole nitrogens is 1. The molecule has 0 radical (unpaired) electrons. The van der Waals surface area contributed by atoms with Crippen LogP contribution in [-0.4, -0.2) is 50.6 Å². The van der Waals surface area contributed by atoms with Crippen molar-refractivity contribution in [3.05, 3.63) is 16.7 Å². The number of hydrogen-bond donors (Lipinski definition) is 3. The van der Waals surface area contributed by atoms with Crippen LogP contribution < -0.4 is 11.3 Å². The van der Waals surface area contributed by atoms with Gasteiger partial charge in [-0.15, -0.1) is 0 Å². The number of aliphatic hydroxyl groups excluding tert-OH is 1. The zero-order valence-corrected chi connectivity index (χ0v) is 12.4. The molecule has 120 valence electrons. The number of ether oxygens (including phenoxy) is 2. The van der Waals surface area contributed by atoms with E-state index in [0.717, 1.165) is 0 Å². The minimum Gasteiger partial charge on any atom is -0.390 e. The molecule has 0 amide bonds.